The lowest BCUT2D eigenvalue weighted by molar-refractivity contribution is -0.166. The molecule has 0 aromatic rings. The van der Waals surface area contributed by atoms with Crippen LogP contribution in [0.15, 0.2) is 60.8 Å². The smallest absolute Gasteiger partial charge is 0.309 e. The molecule has 298 valence electrons. The minimum absolute atomic E-state index is 0.102. The maximum atomic E-state index is 12.6. The topological polar surface area (TPSA) is 78.9 Å². The first kappa shape index (κ1) is 49.1. The summed E-state index contributed by atoms with van der Waals surface area (Å²) in [6, 6.07) is 0. The van der Waals surface area contributed by atoms with E-state index in [2.05, 4.69) is 69.4 Å². The van der Waals surface area contributed by atoms with Crippen LogP contribution in [0.5, 0.6) is 0 Å². The van der Waals surface area contributed by atoms with Gasteiger partial charge in [-0.15, -0.1) is 0 Å². The summed E-state index contributed by atoms with van der Waals surface area (Å²) in [4.78, 5) is 37.5. The fourth-order valence-corrected chi connectivity index (χ4v) is 5.63. The summed E-state index contributed by atoms with van der Waals surface area (Å²) in [7, 11) is 0. The lowest BCUT2D eigenvalue weighted by Gasteiger charge is -2.18. The van der Waals surface area contributed by atoms with Crippen LogP contribution in [0.3, 0.4) is 0 Å². The van der Waals surface area contributed by atoms with Gasteiger partial charge in [-0.3, -0.25) is 14.4 Å². The Hall–Kier alpha value is -2.89. The van der Waals surface area contributed by atoms with Crippen LogP contribution in [0, 0.1) is 0 Å². The molecular formula is C46H78O6. The molecule has 6 heteroatoms. The number of rotatable bonds is 37. The van der Waals surface area contributed by atoms with Crippen LogP contribution in [0.1, 0.15) is 194 Å². The van der Waals surface area contributed by atoms with E-state index in [1.165, 1.54) is 83.5 Å². The van der Waals surface area contributed by atoms with E-state index in [1.54, 1.807) is 6.08 Å². The van der Waals surface area contributed by atoms with E-state index in [9.17, 15) is 14.4 Å². The van der Waals surface area contributed by atoms with Crippen LogP contribution < -0.4 is 0 Å². The van der Waals surface area contributed by atoms with Gasteiger partial charge in [0, 0.05) is 12.8 Å². The van der Waals surface area contributed by atoms with Crippen molar-refractivity contribution in [1.82, 2.24) is 0 Å². The molecule has 0 aromatic carbocycles. The molecule has 1 atom stereocenters. The Kier molecular flexibility index (Phi) is 38.6. The first-order valence-corrected chi connectivity index (χ1v) is 21.3. The van der Waals surface area contributed by atoms with E-state index in [-0.39, 0.29) is 31.6 Å². The van der Waals surface area contributed by atoms with Gasteiger partial charge in [-0.1, -0.05) is 191 Å². The number of carbonyl (C=O) groups is 3. The molecule has 0 saturated carbocycles. The Morgan fingerprint density at radius 2 is 0.750 bits per heavy atom. The van der Waals surface area contributed by atoms with Gasteiger partial charge in [0.25, 0.3) is 0 Å². The highest BCUT2D eigenvalue weighted by atomic mass is 16.6. The fourth-order valence-electron chi connectivity index (χ4n) is 5.63. The molecule has 0 fully saturated rings. The third-order valence-corrected chi connectivity index (χ3v) is 8.82. The molecule has 0 aliphatic rings. The second kappa shape index (κ2) is 40.9. The number of allylic oxidation sites excluding steroid dienone is 9. The van der Waals surface area contributed by atoms with Gasteiger partial charge >= 0.3 is 17.9 Å². The minimum atomic E-state index is -0.806. The van der Waals surface area contributed by atoms with Crippen LogP contribution in [-0.4, -0.2) is 37.2 Å². The number of hydrogen-bond acceptors (Lipinski definition) is 6. The van der Waals surface area contributed by atoms with E-state index in [0.29, 0.717) is 12.8 Å². The Labute approximate surface area is 320 Å². The monoisotopic (exact) mass is 727 g/mol. The van der Waals surface area contributed by atoms with E-state index in [0.717, 1.165) is 70.6 Å². The zero-order valence-electron chi connectivity index (χ0n) is 33.8. The number of ether oxygens (including phenoxy) is 3. The van der Waals surface area contributed by atoms with Gasteiger partial charge in [0.2, 0.25) is 0 Å². The van der Waals surface area contributed by atoms with Gasteiger partial charge in [0.1, 0.15) is 13.2 Å². The summed E-state index contributed by atoms with van der Waals surface area (Å²) < 4.78 is 16.5. The van der Waals surface area contributed by atoms with E-state index < -0.39 is 12.1 Å². The summed E-state index contributed by atoms with van der Waals surface area (Å²) in [6.45, 7) is 6.37. The van der Waals surface area contributed by atoms with Crippen molar-refractivity contribution < 1.29 is 28.6 Å². The lowest BCUT2D eigenvalue weighted by Crippen LogP contribution is -2.30. The van der Waals surface area contributed by atoms with Crippen molar-refractivity contribution in [2.24, 2.45) is 0 Å². The highest BCUT2D eigenvalue weighted by molar-refractivity contribution is 5.72. The van der Waals surface area contributed by atoms with Crippen molar-refractivity contribution in [1.29, 1.82) is 0 Å². The molecule has 0 bridgehead atoms. The Balaban J connectivity index is 4.49. The third kappa shape index (κ3) is 38.3. The van der Waals surface area contributed by atoms with Crippen LogP contribution in [-0.2, 0) is 28.6 Å². The normalized spacial score (nSPS) is 12.6. The predicted octanol–water partition coefficient (Wildman–Crippen LogP) is 13.4. The number of hydrogen-bond donors (Lipinski definition) is 0. The van der Waals surface area contributed by atoms with Gasteiger partial charge < -0.3 is 14.2 Å². The summed E-state index contributed by atoms with van der Waals surface area (Å²) >= 11 is 0. The zero-order chi connectivity index (χ0) is 38.0. The molecule has 0 amide bonds. The molecule has 1 unspecified atom stereocenters. The standard InChI is InChI=1S/C46H78O6/c1-4-7-10-13-16-19-21-22-23-24-26-27-30-33-36-39-45(48)51-42-43(41-50-44(47)38-35-32-29-18-15-12-9-6-3)52-46(49)40-37-34-31-28-25-20-17-14-11-8-5-2/h7,10,16,19,22-23,26-27,33,36,43H,4-6,8-9,11-15,17-18,20-21,24-25,28-32,34-35,37-42H2,1-3H3/b10-7-,19-16-,23-22-,27-26-,36-33-. The first-order chi connectivity index (χ1) is 25.5. The van der Waals surface area contributed by atoms with E-state index in [1.807, 2.05) is 6.08 Å². The minimum Gasteiger partial charge on any atom is -0.462 e. The van der Waals surface area contributed by atoms with Crippen molar-refractivity contribution in [2.75, 3.05) is 13.2 Å². The molecular weight excluding hydrogens is 648 g/mol. The number of unbranched alkanes of at least 4 members (excludes halogenated alkanes) is 17. The molecule has 0 aromatic heterocycles. The SMILES string of the molecule is CC/C=C\C/C=C\C/C=C\C/C=C\C/C=C\CC(=O)OCC(COC(=O)CCCCCCCCCC)OC(=O)CCCCCCCCCCCCC. The summed E-state index contributed by atoms with van der Waals surface area (Å²) in [6.07, 6.45) is 48.0. The molecule has 52 heavy (non-hydrogen) atoms. The van der Waals surface area contributed by atoms with Gasteiger partial charge in [0.15, 0.2) is 6.10 Å². The maximum absolute atomic E-state index is 12.6. The zero-order valence-corrected chi connectivity index (χ0v) is 33.8. The molecule has 0 rings (SSSR count). The molecule has 0 saturated heterocycles. The van der Waals surface area contributed by atoms with Gasteiger partial charge in [-0.05, 0) is 44.9 Å². The second-order valence-corrected chi connectivity index (χ2v) is 13.9. The quantitative estimate of drug-likeness (QED) is 0.0274. The van der Waals surface area contributed by atoms with Crippen molar-refractivity contribution >= 4 is 17.9 Å². The average molecular weight is 727 g/mol. The maximum Gasteiger partial charge on any atom is 0.309 e. The Morgan fingerprint density at radius 3 is 1.17 bits per heavy atom. The second-order valence-electron chi connectivity index (χ2n) is 13.9. The third-order valence-electron chi connectivity index (χ3n) is 8.82. The Morgan fingerprint density at radius 1 is 0.404 bits per heavy atom. The largest absolute Gasteiger partial charge is 0.462 e. The molecule has 0 heterocycles. The van der Waals surface area contributed by atoms with Gasteiger partial charge in [-0.2, -0.15) is 0 Å². The summed E-state index contributed by atoms with van der Waals surface area (Å²) in [5.74, 6) is -1.05. The molecule has 0 aliphatic carbocycles. The fraction of sp³-hybridized carbons (Fsp3) is 0.717. The summed E-state index contributed by atoms with van der Waals surface area (Å²) in [5.41, 5.74) is 0. The van der Waals surface area contributed by atoms with E-state index in [4.69, 9.17) is 14.2 Å². The molecule has 0 aliphatic heterocycles. The van der Waals surface area contributed by atoms with E-state index >= 15 is 0 Å². The first-order valence-electron chi connectivity index (χ1n) is 21.3. The van der Waals surface area contributed by atoms with Gasteiger partial charge in [0.05, 0.1) is 6.42 Å². The predicted molar refractivity (Wildman–Crippen MR) is 219 cm³/mol. The Bertz CT molecular complexity index is 975. The van der Waals surface area contributed by atoms with Crippen molar-refractivity contribution in [3.05, 3.63) is 60.8 Å². The number of esters is 3. The highest BCUT2D eigenvalue weighted by Gasteiger charge is 2.19. The molecule has 0 radical (unpaired) electrons. The molecule has 0 N–H and O–H groups in total. The average Bonchev–Trinajstić information content (AvgIpc) is 3.14. The van der Waals surface area contributed by atoms with Crippen LogP contribution >= 0.6 is 0 Å². The van der Waals surface area contributed by atoms with Crippen molar-refractivity contribution in [3.8, 4) is 0 Å². The summed E-state index contributed by atoms with van der Waals surface area (Å²) in [5, 5.41) is 0. The highest BCUT2D eigenvalue weighted by Crippen LogP contribution is 2.13. The number of carbonyl (C=O) groups excluding carboxylic acids is 3. The lowest BCUT2D eigenvalue weighted by atomic mass is 10.1. The van der Waals surface area contributed by atoms with Crippen LogP contribution in [0.4, 0.5) is 0 Å². The van der Waals surface area contributed by atoms with Crippen LogP contribution in [0.2, 0.25) is 0 Å². The molecule has 0 spiro atoms. The molecule has 6 nitrogen and oxygen atoms in total. The van der Waals surface area contributed by atoms with Gasteiger partial charge in [-0.25, -0.2) is 0 Å². The van der Waals surface area contributed by atoms with Crippen molar-refractivity contribution in [3.63, 3.8) is 0 Å². The van der Waals surface area contributed by atoms with Crippen LogP contribution in [0.25, 0.3) is 0 Å². The van der Waals surface area contributed by atoms with Crippen molar-refractivity contribution in [2.45, 2.75) is 200 Å².